The molecule has 0 aliphatic heterocycles. The van der Waals surface area contributed by atoms with Crippen molar-refractivity contribution in [3.8, 4) is 5.75 Å². The van der Waals surface area contributed by atoms with Gasteiger partial charge in [-0.15, -0.1) is 6.58 Å². The molecule has 2 rings (SSSR count). The topological polar surface area (TPSA) is 109 Å². The summed E-state index contributed by atoms with van der Waals surface area (Å²) in [7, 11) is 0. The Balaban J connectivity index is 1.71. The molecule has 0 saturated heterocycles. The van der Waals surface area contributed by atoms with Crippen LogP contribution in [-0.4, -0.2) is 43.1 Å². The molecule has 150 valence electrons. The van der Waals surface area contributed by atoms with Gasteiger partial charge in [0.05, 0.1) is 6.21 Å². The van der Waals surface area contributed by atoms with Gasteiger partial charge in [-0.3, -0.25) is 14.4 Å². The second kappa shape index (κ2) is 11.5. The van der Waals surface area contributed by atoms with Gasteiger partial charge < -0.3 is 15.4 Å². The highest BCUT2D eigenvalue weighted by Gasteiger charge is 2.15. The van der Waals surface area contributed by atoms with Crippen LogP contribution in [0.5, 0.6) is 5.75 Å². The summed E-state index contributed by atoms with van der Waals surface area (Å²) >= 11 is 0. The molecule has 0 atom stereocenters. The molecule has 1 fully saturated rings. The van der Waals surface area contributed by atoms with Crippen LogP contribution in [0.2, 0.25) is 0 Å². The maximum atomic E-state index is 11.9. The molecule has 0 spiro atoms. The van der Waals surface area contributed by atoms with Crippen molar-refractivity contribution in [2.75, 3.05) is 13.2 Å². The molecule has 1 aliphatic rings. The third-order valence-corrected chi connectivity index (χ3v) is 4.21. The Kier molecular flexibility index (Phi) is 8.71. The molecule has 1 saturated carbocycles. The molecule has 1 aromatic rings. The number of hydrogen-bond acceptors (Lipinski definition) is 5. The van der Waals surface area contributed by atoms with E-state index in [2.05, 4.69) is 27.7 Å². The fourth-order valence-corrected chi connectivity index (χ4v) is 2.78. The summed E-state index contributed by atoms with van der Waals surface area (Å²) in [4.78, 5) is 34.7. The summed E-state index contributed by atoms with van der Waals surface area (Å²) < 4.78 is 5.49. The molecule has 3 amide bonds. The van der Waals surface area contributed by atoms with Gasteiger partial charge in [0, 0.05) is 12.6 Å². The molecule has 3 N–H and O–H groups in total. The van der Waals surface area contributed by atoms with E-state index in [0.29, 0.717) is 11.3 Å². The summed E-state index contributed by atoms with van der Waals surface area (Å²) in [6.07, 6.45) is 8.50. The maximum absolute atomic E-state index is 11.9. The van der Waals surface area contributed by atoms with Gasteiger partial charge in [0.2, 0.25) is 0 Å². The number of hydrazone groups is 1. The highest BCUT2D eigenvalue weighted by Crippen LogP contribution is 2.17. The first-order chi connectivity index (χ1) is 13.6. The molecule has 0 unspecified atom stereocenters. The first kappa shape index (κ1) is 21.1. The third-order valence-electron chi connectivity index (χ3n) is 4.21. The lowest BCUT2D eigenvalue weighted by atomic mass is 9.95. The summed E-state index contributed by atoms with van der Waals surface area (Å²) in [5.41, 5.74) is 2.83. The Labute approximate surface area is 164 Å². The SMILES string of the molecule is C=CCNC(=O)C(=O)N/N=C\c1ccc(OCC(=O)NC2CCCCC2)cc1. The minimum atomic E-state index is -0.859. The van der Waals surface area contributed by atoms with Gasteiger partial charge >= 0.3 is 11.8 Å². The van der Waals surface area contributed by atoms with Crippen molar-refractivity contribution < 1.29 is 19.1 Å². The Morgan fingerprint density at radius 3 is 2.50 bits per heavy atom. The number of ether oxygens (including phenoxy) is 1. The van der Waals surface area contributed by atoms with E-state index >= 15 is 0 Å². The number of nitrogens with one attached hydrogen (secondary N) is 3. The van der Waals surface area contributed by atoms with Crippen LogP contribution in [0.25, 0.3) is 0 Å². The van der Waals surface area contributed by atoms with Crippen molar-refractivity contribution in [3.63, 3.8) is 0 Å². The van der Waals surface area contributed by atoms with Gasteiger partial charge in [-0.2, -0.15) is 5.10 Å². The average Bonchev–Trinajstić information content (AvgIpc) is 2.72. The monoisotopic (exact) mass is 386 g/mol. The molecule has 8 heteroatoms. The number of amides is 3. The van der Waals surface area contributed by atoms with Crippen LogP contribution in [0.1, 0.15) is 37.7 Å². The third kappa shape index (κ3) is 7.61. The summed E-state index contributed by atoms with van der Waals surface area (Å²) in [5.74, 6) is -1.20. The van der Waals surface area contributed by atoms with Gasteiger partial charge in [0.1, 0.15) is 5.75 Å². The van der Waals surface area contributed by atoms with Crippen molar-refractivity contribution >= 4 is 23.9 Å². The van der Waals surface area contributed by atoms with Gasteiger partial charge in [-0.1, -0.05) is 25.3 Å². The summed E-state index contributed by atoms with van der Waals surface area (Å²) in [6.45, 7) is 3.62. The Hall–Kier alpha value is -3.16. The van der Waals surface area contributed by atoms with E-state index in [1.165, 1.54) is 18.7 Å². The average molecular weight is 386 g/mol. The van der Waals surface area contributed by atoms with Crippen LogP contribution in [0.3, 0.4) is 0 Å². The van der Waals surface area contributed by atoms with Crippen molar-refractivity contribution in [1.82, 2.24) is 16.1 Å². The van der Waals surface area contributed by atoms with Crippen molar-refractivity contribution in [2.45, 2.75) is 38.1 Å². The highest BCUT2D eigenvalue weighted by molar-refractivity contribution is 6.35. The number of carbonyl (C=O) groups excluding carboxylic acids is 3. The second-order valence-corrected chi connectivity index (χ2v) is 6.46. The van der Waals surface area contributed by atoms with Crippen molar-refractivity contribution in [2.24, 2.45) is 5.10 Å². The number of carbonyl (C=O) groups is 3. The molecule has 0 aromatic heterocycles. The largest absolute Gasteiger partial charge is 0.484 e. The van der Waals surface area contributed by atoms with Gasteiger partial charge in [0.15, 0.2) is 6.61 Å². The first-order valence-corrected chi connectivity index (χ1v) is 9.33. The van der Waals surface area contributed by atoms with E-state index in [0.717, 1.165) is 25.7 Å². The summed E-state index contributed by atoms with van der Waals surface area (Å²) in [6, 6.07) is 7.11. The first-order valence-electron chi connectivity index (χ1n) is 9.33. The normalized spacial score (nSPS) is 14.3. The summed E-state index contributed by atoms with van der Waals surface area (Å²) in [5, 5.41) is 9.07. The van der Waals surface area contributed by atoms with Crippen LogP contribution < -0.4 is 20.8 Å². The lowest BCUT2D eigenvalue weighted by molar-refractivity contribution is -0.139. The van der Waals surface area contributed by atoms with E-state index < -0.39 is 11.8 Å². The molecule has 1 aliphatic carbocycles. The van der Waals surface area contributed by atoms with Gasteiger partial charge in [-0.05, 0) is 42.7 Å². The van der Waals surface area contributed by atoms with E-state index in [9.17, 15) is 14.4 Å². The molecule has 0 heterocycles. The lowest BCUT2D eigenvalue weighted by Gasteiger charge is -2.22. The minimum Gasteiger partial charge on any atom is -0.484 e. The molecule has 0 radical (unpaired) electrons. The Morgan fingerprint density at radius 2 is 1.82 bits per heavy atom. The Bertz CT molecular complexity index is 709. The molecule has 1 aromatic carbocycles. The smallest absolute Gasteiger partial charge is 0.329 e. The van der Waals surface area contributed by atoms with Crippen LogP contribution >= 0.6 is 0 Å². The van der Waals surface area contributed by atoms with Crippen molar-refractivity contribution in [3.05, 3.63) is 42.5 Å². The number of rotatable bonds is 8. The minimum absolute atomic E-state index is 0.0280. The second-order valence-electron chi connectivity index (χ2n) is 6.46. The zero-order valence-corrected chi connectivity index (χ0v) is 15.8. The predicted molar refractivity (Wildman–Crippen MR) is 106 cm³/mol. The van der Waals surface area contributed by atoms with Gasteiger partial charge in [-0.25, -0.2) is 5.43 Å². The standard InChI is InChI=1S/C20H26N4O4/c1-2-12-21-19(26)20(27)24-22-13-15-8-10-17(11-9-15)28-14-18(25)23-16-6-4-3-5-7-16/h2,8-11,13,16H,1,3-7,12,14H2,(H,21,26)(H,23,25)(H,24,27)/b22-13-. The van der Waals surface area contributed by atoms with Gasteiger partial charge in [0.25, 0.3) is 5.91 Å². The molecular formula is C20H26N4O4. The van der Waals surface area contributed by atoms with Crippen molar-refractivity contribution in [1.29, 1.82) is 0 Å². The maximum Gasteiger partial charge on any atom is 0.329 e. The fourth-order valence-electron chi connectivity index (χ4n) is 2.78. The Morgan fingerprint density at radius 1 is 1.11 bits per heavy atom. The van der Waals surface area contributed by atoms with Crippen LogP contribution in [0.4, 0.5) is 0 Å². The fraction of sp³-hybridized carbons (Fsp3) is 0.400. The van der Waals surface area contributed by atoms with Crippen LogP contribution in [-0.2, 0) is 14.4 Å². The number of nitrogens with zero attached hydrogens (tertiary/aromatic N) is 1. The van der Waals surface area contributed by atoms with Crippen LogP contribution in [0, 0.1) is 0 Å². The zero-order valence-electron chi connectivity index (χ0n) is 15.8. The molecule has 0 bridgehead atoms. The van der Waals surface area contributed by atoms with E-state index in [1.54, 1.807) is 24.3 Å². The number of hydrogen-bond donors (Lipinski definition) is 3. The van der Waals surface area contributed by atoms with E-state index in [4.69, 9.17) is 4.74 Å². The quantitative estimate of drug-likeness (QED) is 0.270. The highest BCUT2D eigenvalue weighted by atomic mass is 16.5. The lowest BCUT2D eigenvalue weighted by Crippen LogP contribution is -2.38. The molecular weight excluding hydrogens is 360 g/mol. The molecule has 8 nitrogen and oxygen atoms in total. The van der Waals surface area contributed by atoms with E-state index in [1.807, 2.05) is 0 Å². The molecule has 28 heavy (non-hydrogen) atoms. The van der Waals surface area contributed by atoms with E-state index in [-0.39, 0.29) is 25.1 Å². The number of benzene rings is 1. The zero-order chi connectivity index (χ0) is 20.2. The predicted octanol–water partition coefficient (Wildman–Crippen LogP) is 1.27. The van der Waals surface area contributed by atoms with Crippen LogP contribution in [0.15, 0.2) is 42.0 Å².